The van der Waals surface area contributed by atoms with Crippen molar-refractivity contribution in [3.8, 4) is 11.6 Å². The Bertz CT molecular complexity index is 600. The smallest absolute Gasteiger partial charge is 0.373 e. The van der Waals surface area contributed by atoms with Crippen LogP contribution in [0.2, 0.25) is 0 Å². The third-order valence-corrected chi connectivity index (χ3v) is 2.56. The molecule has 20 heavy (non-hydrogen) atoms. The fraction of sp³-hybridized carbons (Fsp3) is 0.462. The third-order valence-electron chi connectivity index (χ3n) is 2.56. The number of carboxylic acid groups (broad SMARTS) is 1. The van der Waals surface area contributed by atoms with Gasteiger partial charge in [-0.05, 0) is 12.3 Å². The van der Waals surface area contributed by atoms with E-state index in [1.165, 1.54) is 7.11 Å². The Morgan fingerprint density at radius 2 is 2.25 bits per heavy atom. The lowest BCUT2D eigenvalue weighted by atomic mass is 10.1. The Hall–Kier alpha value is -2.15. The summed E-state index contributed by atoms with van der Waals surface area (Å²) in [6.45, 7) is 4.23. The zero-order chi connectivity index (χ0) is 14.7. The maximum absolute atomic E-state index is 11.2. The maximum atomic E-state index is 11.2. The van der Waals surface area contributed by atoms with Crippen molar-refractivity contribution in [1.29, 1.82) is 0 Å². The highest BCUT2D eigenvalue weighted by Gasteiger charge is 2.22. The van der Waals surface area contributed by atoms with Gasteiger partial charge in [0.05, 0.1) is 5.69 Å². The van der Waals surface area contributed by atoms with E-state index in [4.69, 9.17) is 18.8 Å². The summed E-state index contributed by atoms with van der Waals surface area (Å²) in [5.74, 6) is -0.357. The number of rotatable bonds is 6. The van der Waals surface area contributed by atoms with Gasteiger partial charge in [0.15, 0.2) is 11.5 Å². The number of hydrogen-bond acceptors (Lipinski definition) is 6. The lowest BCUT2D eigenvalue weighted by Crippen LogP contribution is -2.03. The van der Waals surface area contributed by atoms with E-state index in [2.05, 4.69) is 10.1 Å². The SMILES string of the molecule is COCc1cc(-c2nc(CC(C)C)c(C(=O)O)o2)no1. The molecular formula is C13H16N2O5. The van der Waals surface area contributed by atoms with Gasteiger partial charge in [-0.3, -0.25) is 0 Å². The van der Waals surface area contributed by atoms with Gasteiger partial charge in [0.1, 0.15) is 6.61 Å². The average molecular weight is 280 g/mol. The highest BCUT2D eigenvalue weighted by Crippen LogP contribution is 2.24. The summed E-state index contributed by atoms with van der Waals surface area (Å²) in [4.78, 5) is 15.4. The average Bonchev–Trinajstić information content (AvgIpc) is 2.95. The number of methoxy groups -OCH3 is 1. The molecule has 0 aromatic carbocycles. The molecule has 0 aliphatic heterocycles. The summed E-state index contributed by atoms with van der Waals surface area (Å²) in [6.07, 6.45) is 0.522. The largest absolute Gasteiger partial charge is 0.475 e. The van der Waals surface area contributed by atoms with Crippen molar-refractivity contribution in [2.75, 3.05) is 7.11 Å². The maximum Gasteiger partial charge on any atom is 0.373 e. The number of nitrogens with zero attached hydrogens (tertiary/aromatic N) is 2. The standard InChI is InChI=1S/C13H16N2O5/c1-7(2)4-9-11(13(16)17)19-12(14-9)10-5-8(6-18-3)20-15-10/h5,7H,4,6H2,1-3H3,(H,16,17). The first-order chi connectivity index (χ1) is 9.51. The quantitative estimate of drug-likeness (QED) is 0.867. The molecule has 1 N–H and O–H groups in total. The highest BCUT2D eigenvalue weighted by molar-refractivity contribution is 5.86. The number of carboxylic acids is 1. The second kappa shape index (κ2) is 5.87. The molecule has 0 saturated carbocycles. The normalized spacial score (nSPS) is 11.2. The van der Waals surface area contributed by atoms with Gasteiger partial charge >= 0.3 is 5.97 Å². The fourth-order valence-electron chi connectivity index (χ4n) is 1.78. The number of ether oxygens (including phenoxy) is 1. The van der Waals surface area contributed by atoms with Crippen molar-refractivity contribution in [3.63, 3.8) is 0 Å². The summed E-state index contributed by atoms with van der Waals surface area (Å²) in [5.41, 5.74) is 0.772. The molecule has 0 saturated heterocycles. The van der Waals surface area contributed by atoms with Crippen LogP contribution < -0.4 is 0 Å². The zero-order valence-electron chi connectivity index (χ0n) is 11.5. The molecule has 2 aromatic rings. The van der Waals surface area contributed by atoms with E-state index < -0.39 is 5.97 Å². The summed E-state index contributed by atoms with van der Waals surface area (Å²) in [6, 6.07) is 1.61. The van der Waals surface area contributed by atoms with Crippen LogP contribution in [0.4, 0.5) is 0 Å². The molecule has 2 heterocycles. The van der Waals surface area contributed by atoms with E-state index in [0.29, 0.717) is 23.6 Å². The Kier molecular flexibility index (Phi) is 4.19. The first-order valence-corrected chi connectivity index (χ1v) is 6.19. The van der Waals surface area contributed by atoms with Gasteiger partial charge in [0.2, 0.25) is 11.7 Å². The van der Waals surface area contributed by atoms with E-state index in [1.54, 1.807) is 6.07 Å². The number of aromatic nitrogens is 2. The van der Waals surface area contributed by atoms with Crippen LogP contribution in [-0.4, -0.2) is 28.3 Å². The van der Waals surface area contributed by atoms with Crippen LogP contribution in [0, 0.1) is 5.92 Å². The van der Waals surface area contributed by atoms with Gasteiger partial charge in [0, 0.05) is 13.2 Å². The van der Waals surface area contributed by atoms with Crippen molar-refractivity contribution in [2.45, 2.75) is 26.9 Å². The second-order valence-corrected chi connectivity index (χ2v) is 4.81. The Balaban J connectivity index is 2.33. The first kappa shape index (κ1) is 14.3. The molecule has 0 radical (unpaired) electrons. The number of hydrogen-bond donors (Lipinski definition) is 1. The van der Waals surface area contributed by atoms with E-state index in [1.807, 2.05) is 13.8 Å². The Labute approximate surface area is 115 Å². The lowest BCUT2D eigenvalue weighted by molar-refractivity contribution is 0.0661. The second-order valence-electron chi connectivity index (χ2n) is 4.81. The summed E-state index contributed by atoms with van der Waals surface area (Å²) in [5, 5.41) is 12.9. The fourth-order valence-corrected chi connectivity index (χ4v) is 1.78. The summed E-state index contributed by atoms with van der Waals surface area (Å²) >= 11 is 0. The zero-order valence-corrected chi connectivity index (χ0v) is 11.5. The molecule has 0 bridgehead atoms. The predicted octanol–water partition coefficient (Wildman–Crippen LogP) is 2.37. The van der Waals surface area contributed by atoms with Gasteiger partial charge in [-0.2, -0.15) is 0 Å². The van der Waals surface area contributed by atoms with Crippen LogP contribution in [0.1, 0.15) is 35.9 Å². The van der Waals surface area contributed by atoms with Crippen LogP contribution in [0.25, 0.3) is 11.6 Å². The number of oxazole rings is 1. The minimum Gasteiger partial charge on any atom is -0.475 e. The van der Waals surface area contributed by atoms with Gasteiger partial charge in [-0.25, -0.2) is 9.78 Å². The molecule has 108 valence electrons. The number of aromatic carboxylic acids is 1. The molecule has 0 aliphatic rings. The molecule has 7 nitrogen and oxygen atoms in total. The van der Waals surface area contributed by atoms with Crippen molar-refractivity contribution in [1.82, 2.24) is 10.1 Å². The summed E-state index contributed by atoms with van der Waals surface area (Å²) in [7, 11) is 1.54. The van der Waals surface area contributed by atoms with Gasteiger partial charge < -0.3 is 18.8 Å². The van der Waals surface area contributed by atoms with E-state index in [9.17, 15) is 4.79 Å². The molecule has 0 spiro atoms. The third kappa shape index (κ3) is 3.05. The molecule has 7 heteroatoms. The molecule has 0 unspecified atom stereocenters. The Morgan fingerprint density at radius 1 is 1.50 bits per heavy atom. The Morgan fingerprint density at radius 3 is 2.85 bits per heavy atom. The van der Waals surface area contributed by atoms with Crippen molar-refractivity contribution in [3.05, 3.63) is 23.3 Å². The topological polar surface area (TPSA) is 98.6 Å². The molecule has 2 rings (SSSR count). The minimum absolute atomic E-state index is 0.143. The van der Waals surface area contributed by atoms with Crippen LogP contribution >= 0.6 is 0 Å². The van der Waals surface area contributed by atoms with Crippen molar-refractivity contribution in [2.24, 2.45) is 5.92 Å². The molecule has 0 aliphatic carbocycles. The monoisotopic (exact) mass is 280 g/mol. The van der Waals surface area contributed by atoms with Crippen LogP contribution in [0.15, 0.2) is 15.0 Å². The van der Waals surface area contributed by atoms with Crippen LogP contribution in [-0.2, 0) is 17.8 Å². The molecule has 2 aromatic heterocycles. The van der Waals surface area contributed by atoms with Crippen LogP contribution in [0.5, 0.6) is 0 Å². The van der Waals surface area contributed by atoms with Crippen molar-refractivity contribution >= 4 is 5.97 Å². The van der Waals surface area contributed by atoms with Crippen molar-refractivity contribution < 1.29 is 23.6 Å². The van der Waals surface area contributed by atoms with E-state index in [-0.39, 0.29) is 24.2 Å². The van der Waals surface area contributed by atoms with Gasteiger partial charge in [0.25, 0.3) is 0 Å². The molecular weight excluding hydrogens is 264 g/mol. The van der Waals surface area contributed by atoms with E-state index >= 15 is 0 Å². The molecule has 0 atom stereocenters. The van der Waals surface area contributed by atoms with Gasteiger partial charge in [-0.15, -0.1) is 0 Å². The van der Waals surface area contributed by atoms with E-state index in [0.717, 1.165) is 0 Å². The van der Waals surface area contributed by atoms with Crippen LogP contribution in [0.3, 0.4) is 0 Å². The molecule has 0 amide bonds. The lowest BCUT2D eigenvalue weighted by Gasteiger charge is -1.99. The summed E-state index contributed by atoms with van der Waals surface area (Å²) < 4.78 is 15.2. The minimum atomic E-state index is -1.14. The predicted molar refractivity (Wildman–Crippen MR) is 68.2 cm³/mol. The molecule has 0 fully saturated rings. The van der Waals surface area contributed by atoms with Gasteiger partial charge in [-0.1, -0.05) is 19.0 Å². The first-order valence-electron chi connectivity index (χ1n) is 6.19. The number of carbonyl (C=O) groups is 1. The highest BCUT2D eigenvalue weighted by atomic mass is 16.5.